The molecule has 0 bridgehead atoms. The molecule has 0 spiro atoms. The van der Waals surface area contributed by atoms with E-state index in [1.807, 2.05) is 31.2 Å². The lowest BCUT2D eigenvalue weighted by molar-refractivity contribution is -0.140. The molecule has 0 saturated carbocycles. The Hall–Kier alpha value is -3.01. The number of hydrogen-bond donors (Lipinski definition) is 3. The summed E-state index contributed by atoms with van der Waals surface area (Å²) >= 11 is 0. The molecule has 0 aliphatic rings. The highest BCUT2D eigenvalue weighted by Gasteiger charge is 2.17. The van der Waals surface area contributed by atoms with Crippen LogP contribution in [0.5, 0.6) is 5.75 Å². The molecule has 0 aromatic heterocycles. The van der Waals surface area contributed by atoms with Crippen molar-refractivity contribution in [3.8, 4) is 11.8 Å². The maximum absolute atomic E-state index is 11.8. The van der Waals surface area contributed by atoms with E-state index in [1.165, 1.54) is 13.1 Å². The molecule has 1 aromatic carbocycles. The van der Waals surface area contributed by atoms with Gasteiger partial charge in [-0.3, -0.25) is 9.59 Å². The van der Waals surface area contributed by atoms with Crippen molar-refractivity contribution in [1.29, 1.82) is 5.26 Å². The monoisotopic (exact) mass is 317 g/mol. The summed E-state index contributed by atoms with van der Waals surface area (Å²) in [7, 11) is 1.58. The van der Waals surface area contributed by atoms with Crippen LogP contribution in [0.25, 0.3) is 0 Å². The van der Waals surface area contributed by atoms with Crippen molar-refractivity contribution < 1.29 is 19.4 Å². The Morgan fingerprint density at radius 2 is 1.91 bits per heavy atom. The molecule has 1 aromatic rings. The molecule has 0 aliphatic heterocycles. The SMILES string of the molecule is COc1ccc(C(C)N/C=C(/C#N)C(=O)NC(C)C(=O)O)cc1. The van der Waals surface area contributed by atoms with Crippen molar-refractivity contribution in [3.63, 3.8) is 0 Å². The number of aliphatic carboxylic acids is 1. The number of carbonyl (C=O) groups excluding carboxylic acids is 1. The van der Waals surface area contributed by atoms with Gasteiger partial charge >= 0.3 is 5.97 Å². The van der Waals surface area contributed by atoms with E-state index in [2.05, 4.69) is 10.6 Å². The molecule has 0 radical (unpaired) electrons. The van der Waals surface area contributed by atoms with Gasteiger partial charge in [0.25, 0.3) is 5.91 Å². The van der Waals surface area contributed by atoms with Gasteiger partial charge in [-0.25, -0.2) is 0 Å². The summed E-state index contributed by atoms with van der Waals surface area (Å²) in [6, 6.07) is 7.88. The predicted octanol–water partition coefficient (Wildman–Crippen LogP) is 1.34. The molecule has 3 N–H and O–H groups in total. The molecule has 0 aliphatic carbocycles. The first kappa shape index (κ1) is 18.0. The van der Waals surface area contributed by atoms with Gasteiger partial charge in [0.1, 0.15) is 23.4 Å². The molecule has 23 heavy (non-hydrogen) atoms. The van der Waals surface area contributed by atoms with E-state index in [1.54, 1.807) is 13.2 Å². The Bertz CT molecular complexity index is 632. The number of nitrogens with one attached hydrogen (secondary N) is 2. The van der Waals surface area contributed by atoms with Crippen LogP contribution in [0.15, 0.2) is 36.0 Å². The normalized spacial score (nSPS) is 13.4. The lowest BCUT2D eigenvalue weighted by Crippen LogP contribution is -2.39. The number of benzene rings is 1. The third kappa shape index (κ3) is 5.36. The van der Waals surface area contributed by atoms with Crippen molar-refractivity contribution in [3.05, 3.63) is 41.6 Å². The minimum Gasteiger partial charge on any atom is -0.497 e. The number of nitriles is 1. The Morgan fingerprint density at radius 3 is 2.39 bits per heavy atom. The Kier molecular flexibility index (Phi) is 6.62. The summed E-state index contributed by atoms with van der Waals surface area (Å²) in [6.07, 6.45) is 1.28. The predicted molar refractivity (Wildman–Crippen MR) is 83.5 cm³/mol. The first-order valence-electron chi connectivity index (χ1n) is 6.93. The van der Waals surface area contributed by atoms with Crippen LogP contribution < -0.4 is 15.4 Å². The zero-order valence-corrected chi connectivity index (χ0v) is 13.2. The fourth-order valence-corrected chi connectivity index (χ4v) is 1.68. The number of nitrogens with zero attached hydrogens (tertiary/aromatic N) is 1. The molecule has 1 rings (SSSR count). The second-order valence-corrected chi connectivity index (χ2v) is 4.86. The number of amides is 1. The maximum Gasteiger partial charge on any atom is 0.325 e. The second kappa shape index (κ2) is 8.44. The molecule has 7 nitrogen and oxygen atoms in total. The summed E-state index contributed by atoms with van der Waals surface area (Å²) in [4.78, 5) is 22.5. The lowest BCUT2D eigenvalue weighted by Gasteiger charge is -2.14. The maximum atomic E-state index is 11.8. The number of methoxy groups -OCH3 is 1. The molecular weight excluding hydrogens is 298 g/mol. The zero-order valence-electron chi connectivity index (χ0n) is 13.2. The molecule has 2 atom stereocenters. The number of carboxylic acid groups (broad SMARTS) is 1. The third-order valence-corrected chi connectivity index (χ3v) is 3.18. The summed E-state index contributed by atoms with van der Waals surface area (Å²) < 4.78 is 5.08. The van der Waals surface area contributed by atoms with Crippen LogP contribution in [0.2, 0.25) is 0 Å². The number of rotatable bonds is 7. The molecule has 0 heterocycles. The van der Waals surface area contributed by atoms with Gasteiger partial charge in [0.15, 0.2) is 0 Å². The smallest absolute Gasteiger partial charge is 0.325 e. The summed E-state index contributed by atoms with van der Waals surface area (Å²) in [5.41, 5.74) is 0.747. The Morgan fingerprint density at radius 1 is 1.30 bits per heavy atom. The van der Waals surface area contributed by atoms with E-state index >= 15 is 0 Å². The van der Waals surface area contributed by atoms with Crippen LogP contribution in [-0.4, -0.2) is 30.1 Å². The van der Waals surface area contributed by atoms with Crippen LogP contribution >= 0.6 is 0 Å². The fraction of sp³-hybridized carbons (Fsp3) is 0.312. The number of ether oxygens (including phenoxy) is 1. The summed E-state index contributed by atoms with van der Waals surface area (Å²) in [6.45, 7) is 3.19. The highest BCUT2D eigenvalue weighted by Crippen LogP contribution is 2.17. The molecule has 122 valence electrons. The topological polar surface area (TPSA) is 111 Å². The average molecular weight is 317 g/mol. The van der Waals surface area contributed by atoms with Crippen LogP contribution in [-0.2, 0) is 9.59 Å². The molecule has 7 heteroatoms. The van der Waals surface area contributed by atoms with Crippen LogP contribution in [0.3, 0.4) is 0 Å². The molecule has 0 fully saturated rings. The van der Waals surface area contributed by atoms with Crippen molar-refractivity contribution in [2.24, 2.45) is 0 Å². The second-order valence-electron chi connectivity index (χ2n) is 4.86. The summed E-state index contributed by atoms with van der Waals surface area (Å²) in [5, 5.41) is 22.9. The first-order valence-corrected chi connectivity index (χ1v) is 6.93. The van der Waals surface area contributed by atoms with Gasteiger partial charge in [-0.15, -0.1) is 0 Å². The van der Waals surface area contributed by atoms with E-state index in [9.17, 15) is 9.59 Å². The van der Waals surface area contributed by atoms with Crippen LogP contribution in [0.1, 0.15) is 25.5 Å². The molecular formula is C16H19N3O4. The van der Waals surface area contributed by atoms with E-state index in [4.69, 9.17) is 15.1 Å². The first-order chi connectivity index (χ1) is 10.9. The van der Waals surface area contributed by atoms with Crippen molar-refractivity contribution in [2.75, 3.05) is 7.11 Å². The van der Waals surface area contributed by atoms with Gasteiger partial charge in [0, 0.05) is 12.2 Å². The van der Waals surface area contributed by atoms with Gasteiger partial charge in [-0.05, 0) is 31.5 Å². The highest BCUT2D eigenvalue weighted by molar-refractivity contribution is 5.99. The number of hydrogen-bond acceptors (Lipinski definition) is 5. The van der Waals surface area contributed by atoms with Crippen molar-refractivity contribution in [2.45, 2.75) is 25.9 Å². The van der Waals surface area contributed by atoms with Crippen molar-refractivity contribution in [1.82, 2.24) is 10.6 Å². The number of carboxylic acids is 1. The van der Waals surface area contributed by atoms with E-state index in [0.717, 1.165) is 11.3 Å². The van der Waals surface area contributed by atoms with E-state index < -0.39 is 17.9 Å². The average Bonchev–Trinajstić information content (AvgIpc) is 2.55. The van der Waals surface area contributed by atoms with E-state index in [0.29, 0.717) is 0 Å². The van der Waals surface area contributed by atoms with Gasteiger partial charge < -0.3 is 20.5 Å². The van der Waals surface area contributed by atoms with Gasteiger partial charge in [0.05, 0.1) is 7.11 Å². The Labute approximate surface area is 134 Å². The molecule has 1 amide bonds. The van der Waals surface area contributed by atoms with E-state index in [-0.39, 0.29) is 11.6 Å². The highest BCUT2D eigenvalue weighted by atomic mass is 16.5. The number of carbonyl (C=O) groups is 2. The van der Waals surface area contributed by atoms with Gasteiger partial charge in [-0.2, -0.15) is 5.26 Å². The summed E-state index contributed by atoms with van der Waals surface area (Å²) in [5.74, 6) is -1.18. The minimum atomic E-state index is -1.17. The molecule has 0 saturated heterocycles. The third-order valence-electron chi connectivity index (χ3n) is 3.18. The largest absolute Gasteiger partial charge is 0.497 e. The van der Waals surface area contributed by atoms with Gasteiger partial charge in [-0.1, -0.05) is 12.1 Å². The fourth-order valence-electron chi connectivity index (χ4n) is 1.68. The lowest BCUT2D eigenvalue weighted by atomic mass is 10.1. The van der Waals surface area contributed by atoms with Crippen LogP contribution in [0, 0.1) is 11.3 Å². The van der Waals surface area contributed by atoms with Crippen LogP contribution in [0.4, 0.5) is 0 Å². The molecule has 2 unspecified atom stereocenters. The minimum absolute atomic E-state index is 0.144. The standard InChI is InChI=1S/C16H19N3O4/c1-10(12-4-6-14(23-3)7-5-12)18-9-13(8-17)15(20)19-11(2)16(21)22/h4-7,9-11,18H,1-3H3,(H,19,20)(H,21,22)/b13-9-. The van der Waals surface area contributed by atoms with Gasteiger partial charge in [0.2, 0.25) is 0 Å². The van der Waals surface area contributed by atoms with Crippen molar-refractivity contribution >= 4 is 11.9 Å². The Balaban J connectivity index is 2.73. The quantitative estimate of drug-likeness (QED) is 0.517. The zero-order chi connectivity index (χ0) is 17.4.